The van der Waals surface area contributed by atoms with Crippen molar-refractivity contribution in [3.05, 3.63) is 38.0 Å². The van der Waals surface area contributed by atoms with Crippen molar-refractivity contribution in [2.24, 2.45) is 5.41 Å². The first-order valence-electron chi connectivity index (χ1n) is 10.6. The Morgan fingerprint density at radius 2 is 0.867 bits per heavy atom. The molecule has 0 saturated carbocycles. The fourth-order valence-electron chi connectivity index (χ4n) is 3.09. The van der Waals surface area contributed by atoms with E-state index in [1.165, 1.54) is 64.2 Å². The quantitative estimate of drug-likeness (QED) is 0.222. The van der Waals surface area contributed by atoms with Gasteiger partial charge in [0, 0.05) is 18.2 Å². The molecule has 0 fully saturated rings. The van der Waals surface area contributed by atoms with E-state index in [2.05, 4.69) is 47.4 Å². The second-order valence-corrected chi connectivity index (χ2v) is 6.83. The number of aliphatic carboxylic acids is 3. The molecule has 0 aromatic rings. The van der Waals surface area contributed by atoms with Gasteiger partial charge in [0.05, 0.1) is 0 Å². The Morgan fingerprint density at radius 3 is 1.03 bits per heavy atom. The van der Waals surface area contributed by atoms with Crippen LogP contribution >= 0.6 is 0 Å². The van der Waals surface area contributed by atoms with Crippen molar-refractivity contribution in [1.82, 2.24) is 0 Å². The summed E-state index contributed by atoms with van der Waals surface area (Å²) in [4.78, 5) is 27.8. The first-order valence-corrected chi connectivity index (χ1v) is 10.6. The number of carboxylic acids is 3. The zero-order valence-electron chi connectivity index (χ0n) is 19.5. The number of unbranched alkanes of at least 4 members (excludes halogenated alkanes) is 2. The van der Waals surface area contributed by atoms with Gasteiger partial charge >= 0.3 is 17.9 Å². The first-order chi connectivity index (χ1) is 14.1. The van der Waals surface area contributed by atoms with Crippen molar-refractivity contribution in [2.45, 2.75) is 91.9 Å². The molecule has 0 aromatic heterocycles. The fraction of sp³-hybridized carbons (Fsp3) is 0.625. The van der Waals surface area contributed by atoms with Gasteiger partial charge in [0.25, 0.3) is 0 Å². The number of rotatable bonds is 13. The van der Waals surface area contributed by atoms with Gasteiger partial charge in [-0.2, -0.15) is 0 Å². The molecule has 0 rings (SSSR count). The SMILES string of the molecule is C=CC(=O)O.C=CC(=O)O.C=CC(=O)O.CCCCCC(CCC)(CCC)CCC. The van der Waals surface area contributed by atoms with Gasteiger partial charge in [-0.15, -0.1) is 0 Å². The summed E-state index contributed by atoms with van der Waals surface area (Å²) in [5, 5.41) is 22.8. The van der Waals surface area contributed by atoms with E-state index in [4.69, 9.17) is 15.3 Å². The van der Waals surface area contributed by atoms with E-state index in [-0.39, 0.29) is 0 Å². The van der Waals surface area contributed by atoms with Gasteiger partial charge in [0.1, 0.15) is 0 Å². The average Bonchev–Trinajstić information content (AvgIpc) is 2.70. The Bertz CT molecular complexity index is 409. The topological polar surface area (TPSA) is 112 Å². The van der Waals surface area contributed by atoms with Crippen molar-refractivity contribution < 1.29 is 29.7 Å². The molecule has 30 heavy (non-hydrogen) atoms. The molecular formula is C24H44O6. The Labute approximate surface area is 183 Å². The van der Waals surface area contributed by atoms with Crippen LogP contribution in [0.5, 0.6) is 0 Å². The third kappa shape index (κ3) is 33.2. The molecule has 0 aliphatic carbocycles. The molecule has 0 saturated heterocycles. The van der Waals surface area contributed by atoms with Crippen LogP contribution in [-0.2, 0) is 14.4 Å². The summed E-state index contributed by atoms with van der Waals surface area (Å²) in [6.07, 6.45) is 16.7. The van der Waals surface area contributed by atoms with Gasteiger partial charge in [0.15, 0.2) is 0 Å². The van der Waals surface area contributed by atoms with Crippen LogP contribution < -0.4 is 0 Å². The van der Waals surface area contributed by atoms with Crippen LogP contribution in [0.1, 0.15) is 91.9 Å². The maximum Gasteiger partial charge on any atom is 0.327 e. The molecule has 0 radical (unpaired) electrons. The Hall–Kier alpha value is -2.37. The van der Waals surface area contributed by atoms with Gasteiger partial charge in [-0.3, -0.25) is 0 Å². The van der Waals surface area contributed by atoms with Crippen molar-refractivity contribution in [1.29, 1.82) is 0 Å². The zero-order chi connectivity index (χ0) is 24.4. The molecule has 0 spiro atoms. The number of hydrogen-bond acceptors (Lipinski definition) is 3. The fourth-order valence-corrected chi connectivity index (χ4v) is 3.09. The third-order valence-electron chi connectivity index (χ3n) is 4.18. The van der Waals surface area contributed by atoms with E-state index in [1.807, 2.05) is 0 Å². The third-order valence-corrected chi connectivity index (χ3v) is 4.18. The van der Waals surface area contributed by atoms with E-state index < -0.39 is 17.9 Å². The lowest BCUT2D eigenvalue weighted by Crippen LogP contribution is -2.20. The van der Waals surface area contributed by atoms with Crippen LogP contribution in [0.15, 0.2) is 38.0 Å². The molecular weight excluding hydrogens is 384 g/mol. The van der Waals surface area contributed by atoms with Crippen molar-refractivity contribution in [2.75, 3.05) is 0 Å². The highest BCUT2D eigenvalue weighted by molar-refractivity contribution is 5.79. The number of carbonyl (C=O) groups is 3. The molecule has 0 aliphatic rings. The van der Waals surface area contributed by atoms with E-state index in [9.17, 15) is 14.4 Å². The van der Waals surface area contributed by atoms with Crippen molar-refractivity contribution in [3.8, 4) is 0 Å². The van der Waals surface area contributed by atoms with Crippen LogP contribution in [-0.4, -0.2) is 33.2 Å². The normalized spacial score (nSPS) is 9.20. The van der Waals surface area contributed by atoms with Gasteiger partial charge < -0.3 is 15.3 Å². The predicted molar refractivity (Wildman–Crippen MR) is 125 cm³/mol. The molecule has 0 amide bonds. The molecule has 0 heterocycles. The molecule has 6 nitrogen and oxygen atoms in total. The van der Waals surface area contributed by atoms with E-state index >= 15 is 0 Å². The van der Waals surface area contributed by atoms with Crippen LogP contribution in [0.2, 0.25) is 0 Å². The molecule has 0 atom stereocenters. The summed E-state index contributed by atoms with van der Waals surface area (Å²) in [6.45, 7) is 18.2. The van der Waals surface area contributed by atoms with Crippen LogP contribution in [0, 0.1) is 5.41 Å². The summed E-state index contributed by atoms with van der Waals surface area (Å²) in [5.41, 5.74) is 0.702. The Morgan fingerprint density at radius 1 is 0.600 bits per heavy atom. The molecule has 0 unspecified atom stereocenters. The Kier molecular flexibility index (Phi) is 31.1. The largest absolute Gasteiger partial charge is 0.478 e. The zero-order valence-corrected chi connectivity index (χ0v) is 19.5. The van der Waals surface area contributed by atoms with Gasteiger partial charge in [-0.1, -0.05) is 86.0 Å². The van der Waals surface area contributed by atoms with E-state index in [0.29, 0.717) is 5.41 Å². The summed E-state index contributed by atoms with van der Waals surface area (Å²) < 4.78 is 0. The number of carboxylic acid groups (broad SMARTS) is 3. The average molecular weight is 429 g/mol. The highest BCUT2D eigenvalue weighted by Gasteiger charge is 2.26. The molecule has 0 aliphatic heterocycles. The van der Waals surface area contributed by atoms with Gasteiger partial charge in [0.2, 0.25) is 0 Å². The highest BCUT2D eigenvalue weighted by atomic mass is 16.4. The van der Waals surface area contributed by atoms with E-state index in [1.54, 1.807) is 0 Å². The second-order valence-electron chi connectivity index (χ2n) is 6.83. The lowest BCUT2D eigenvalue weighted by atomic mass is 9.72. The maximum absolute atomic E-state index is 9.25. The summed E-state index contributed by atoms with van der Waals surface area (Å²) in [6, 6.07) is 0. The smallest absolute Gasteiger partial charge is 0.327 e. The molecule has 3 N–H and O–H groups in total. The number of hydrogen-bond donors (Lipinski definition) is 3. The van der Waals surface area contributed by atoms with Gasteiger partial charge in [-0.05, 0) is 31.1 Å². The highest BCUT2D eigenvalue weighted by Crippen LogP contribution is 2.40. The van der Waals surface area contributed by atoms with E-state index in [0.717, 1.165) is 18.2 Å². The lowest BCUT2D eigenvalue weighted by Gasteiger charge is -2.33. The van der Waals surface area contributed by atoms with Crippen LogP contribution in [0.4, 0.5) is 0 Å². The van der Waals surface area contributed by atoms with Gasteiger partial charge in [-0.25, -0.2) is 14.4 Å². The molecule has 6 heteroatoms. The standard InChI is InChI=1S/C15H32.3C3H4O2/c1-5-9-10-14-15(11-6-2,12-7-3)13-8-4;3*1-2-3(4)5/h5-14H2,1-4H3;3*2H,1H2,(H,4,5). The Balaban J connectivity index is -0.000000184. The minimum Gasteiger partial charge on any atom is -0.478 e. The summed E-state index contributed by atoms with van der Waals surface area (Å²) >= 11 is 0. The maximum atomic E-state index is 9.25. The van der Waals surface area contributed by atoms with Crippen molar-refractivity contribution in [3.63, 3.8) is 0 Å². The lowest BCUT2D eigenvalue weighted by molar-refractivity contribution is -0.132. The molecule has 0 aromatic carbocycles. The molecule has 0 bridgehead atoms. The molecule has 176 valence electrons. The minimum absolute atomic E-state index is 0.702. The first kappa shape index (κ1) is 35.1. The van der Waals surface area contributed by atoms with Crippen LogP contribution in [0.3, 0.4) is 0 Å². The predicted octanol–water partition coefficient (Wildman–Crippen LogP) is 6.72. The minimum atomic E-state index is -0.981. The summed E-state index contributed by atoms with van der Waals surface area (Å²) in [7, 11) is 0. The van der Waals surface area contributed by atoms with Crippen molar-refractivity contribution >= 4 is 17.9 Å². The monoisotopic (exact) mass is 428 g/mol. The summed E-state index contributed by atoms with van der Waals surface area (Å²) in [5.74, 6) is -2.94. The second kappa shape index (κ2) is 26.6. The van der Waals surface area contributed by atoms with Crippen LogP contribution in [0.25, 0.3) is 0 Å².